The number of rotatable bonds is 4. The Labute approximate surface area is 188 Å². The lowest BCUT2D eigenvalue weighted by Crippen LogP contribution is -2.51. The van der Waals surface area contributed by atoms with E-state index in [2.05, 4.69) is 0 Å². The molecule has 4 rings (SSSR count). The van der Waals surface area contributed by atoms with Crippen LogP contribution < -0.4 is 16.1 Å². The van der Waals surface area contributed by atoms with Crippen molar-refractivity contribution < 1.29 is 8.42 Å². The van der Waals surface area contributed by atoms with E-state index >= 15 is 0 Å². The van der Waals surface area contributed by atoms with Crippen LogP contribution in [0.3, 0.4) is 0 Å². The molecule has 8 nitrogen and oxygen atoms in total. The van der Waals surface area contributed by atoms with Gasteiger partial charge in [0.25, 0.3) is 15.6 Å². The molecule has 31 heavy (non-hydrogen) atoms. The first-order chi connectivity index (χ1) is 14.7. The van der Waals surface area contributed by atoms with Crippen LogP contribution in [-0.2, 0) is 17.1 Å². The van der Waals surface area contributed by atoms with Gasteiger partial charge in [-0.25, -0.2) is 13.2 Å². The van der Waals surface area contributed by atoms with E-state index in [0.717, 1.165) is 15.9 Å². The van der Waals surface area contributed by atoms with Crippen molar-refractivity contribution in [1.82, 2.24) is 13.4 Å². The zero-order valence-electron chi connectivity index (χ0n) is 17.0. The number of benzene rings is 1. The Morgan fingerprint density at radius 1 is 0.968 bits per heavy atom. The van der Waals surface area contributed by atoms with Crippen molar-refractivity contribution in [1.29, 1.82) is 0 Å². The van der Waals surface area contributed by atoms with Crippen LogP contribution in [0.25, 0.3) is 5.69 Å². The summed E-state index contributed by atoms with van der Waals surface area (Å²) in [5, 5.41) is 0. The Morgan fingerprint density at radius 2 is 1.61 bits per heavy atom. The number of piperazine rings is 1. The lowest BCUT2D eigenvalue weighted by Gasteiger charge is -2.35. The minimum absolute atomic E-state index is 0.204. The summed E-state index contributed by atoms with van der Waals surface area (Å²) >= 11 is 6.92. The Morgan fingerprint density at radius 3 is 2.19 bits per heavy atom. The van der Waals surface area contributed by atoms with Crippen LogP contribution in [0.5, 0.6) is 0 Å². The highest BCUT2D eigenvalue weighted by molar-refractivity contribution is 7.91. The first kappa shape index (κ1) is 21.8. The number of hydrogen-bond acceptors (Lipinski definition) is 6. The first-order valence-corrected chi connectivity index (χ1v) is 12.2. The molecule has 3 heterocycles. The Hall–Kier alpha value is -2.40. The number of para-hydroxylation sites is 1. The molecule has 1 saturated heterocycles. The second-order valence-corrected chi connectivity index (χ2v) is 11.1. The molecule has 0 amide bonds. The molecule has 0 N–H and O–H groups in total. The molecule has 0 atom stereocenters. The fraction of sp³-hybridized carbons (Fsp3) is 0.300. The summed E-state index contributed by atoms with van der Waals surface area (Å²) in [4.78, 5) is 27.6. The molecule has 0 unspecified atom stereocenters. The molecule has 1 aromatic carbocycles. The van der Waals surface area contributed by atoms with E-state index in [9.17, 15) is 18.0 Å². The molecule has 1 fully saturated rings. The standard InChI is InChI=1S/C20H21ClN4O4S2/c1-14-18(19(26)22(2)20(27)25(14)15-6-4-3-5-7-15)23-10-12-24(13-11-23)31(28,29)17-9-8-16(21)30-17/h3-9H,10-13H2,1-2H3. The van der Waals surface area contributed by atoms with Gasteiger partial charge in [0.15, 0.2) is 0 Å². The van der Waals surface area contributed by atoms with Crippen LogP contribution in [0, 0.1) is 6.92 Å². The van der Waals surface area contributed by atoms with E-state index in [1.165, 1.54) is 22.0 Å². The second-order valence-electron chi connectivity index (χ2n) is 7.20. The summed E-state index contributed by atoms with van der Waals surface area (Å²) in [7, 11) is -2.18. The van der Waals surface area contributed by atoms with Gasteiger partial charge >= 0.3 is 5.69 Å². The molecule has 0 radical (unpaired) electrons. The van der Waals surface area contributed by atoms with E-state index in [1.807, 2.05) is 23.1 Å². The summed E-state index contributed by atoms with van der Waals surface area (Å²) in [6, 6.07) is 12.2. The molecule has 0 bridgehead atoms. The third-order valence-corrected chi connectivity index (χ3v) is 8.97. The number of thiophene rings is 1. The lowest BCUT2D eigenvalue weighted by atomic mass is 10.2. The third-order valence-electron chi connectivity index (χ3n) is 5.38. The van der Waals surface area contributed by atoms with Crippen molar-refractivity contribution >= 4 is 38.6 Å². The molecule has 3 aromatic rings. The summed E-state index contributed by atoms with van der Waals surface area (Å²) in [5.41, 5.74) is 0.782. The van der Waals surface area contributed by atoms with Crippen molar-refractivity contribution in [2.24, 2.45) is 7.05 Å². The molecule has 0 spiro atoms. The number of halogens is 1. The van der Waals surface area contributed by atoms with Gasteiger partial charge in [0.05, 0.1) is 15.7 Å². The zero-order chi connectivity index (χ0) is 22.3. The molecule has 0 saturated carbocycles. The quantitative estimate of drug-likeness (QED) is 0.570. The Balaban J connectivity index is 1.67. The Bertz CT molecular complexity index is 1340. The minimum Gasteiger partial charge on any atom is -0.363 e. The zero-order valence-corrected chi connectivity index (χ0v) is 19.4. The maximum Gasteiger partial charge on any atom is 0.335 e. The van der Waals surface area contributed by atoms with E-state index in [1.54, 1.807) is 25.1 Å². The van der Waals surface area contributed by atoms with Crippen LogP contribution in [0.2, 0.25) is 4.34 Å². The van der Waals surface area contributed by atoms with Gasteiger partial charge in [0.1, 0.15) is 9.90 Å². The maximum atomic E-state index is 13.0. The highest BCUT2D eigenvalue weighted by Gasteiger charge is 2.31. The molecule has 1 aliphatic rings. The molecule has 164 valence electrons. The van der Waals surface area contributed by atoms with Gasteiger partial charge in [-0.3, -0.25) is 13.9 Å². The second kappa shape index (κ2) is 8.27. The van der Waals surface area contributed by atoms with Crippen LogP contribution in [-0.4, -0.2) is 48.0 Å². The van der Waals surface area contributed by atoms with Gasteiger partial charge in [0.2, 0.25) is 0 Å². The van der Waals surface area contributed by atoms with Gasteiger partial charge in [0, 0.05) is 33.2 Å². The van der Waals surface area contributed by atoms with Crippen molar-refractivity contribution in [2.75, 3.05) is 31.1 Å². The number of nitrogens with zero attached hydrogens (tertiary/aromatic N) is 4. The van der Waals surface area contributed by atoms with Gasteiger partial charge in [-0.15, -0.1) is 11.3 Å². The molecule has 0 aliphatic carbocycles. The predicted octanol–water partition coefficient (Wildman–Crippen LogP) is 2.07. The number of aromatic nitrogens is 2. The van der Waals surface area contributed by atoms with Crippen LogP contribution >= 0.6 is 22.9 Å². The average molecular weight is 481 g/mol. The summed E-state index contributed by atoms with van der Waals surface area (Å²) in [6.45, 7) is 2.86. The smallest absolute Gasteiger partial charge is 0.335 e. The summed E-state index contributed by atoms with van der Waals surface area (Å²) in [5.74, 6) is 0. The molecular formula is C20H21ClN4O4S2. The third kappa shape index (κ3) is 3.84. The SMILES string of the molecule is Cc1c(N2CCN(S(=O)(=O)c3ccc(Cl)s3)CC2)c(=O)n(C)c(=O)n1-c1ccccc1. The highest BCUT2D eigenvalue weighted by atomic mass is 35.5. The topological polar surface area (TPSA) is 84.6 Å². The molecule has 1 aliphatic heterocycles. The van der Waals surface area contributed by atoms with Crippen LogP contribution in [0.15, 0.2) is 56.3 Å². The molecular weight excluding hydrogens is 460 g/mol. The Kier molecular flexibility index (Phi) is 5.82. The number of sulfonamides is 1. The van der Waals surface area contributed by atoms with Gasteiger partial charge in [-0.2, -0.15) is 4.31 Å². The van der Waals surface area contributed by atoms with Crippen molar-refractivity contribution in [3.8, 4) is 5.69 Å². The van der Waals surface area contributed by atoms with Gasteiger partial charge < -0.3 is 4.90 Å². The monoisotopic (exact) mass is 480 g/mol. The largest absolute Gasteiger partial charge is 0.363 e. The fourth-order valence-electron chi connectivity index (χ4n) is 3.76. The van der Waals surface area contributed by atoms with E-state index in [0.29, 0.717) is 34.5 Å². The lowest BCUT2D eigenvalue weighted by molar-refractivity contribution is 0.384. The van der Waals surface area contributed by atoms with Crippen LogP contribution in [0.1, 0.15) is 5.69 Å². The molecule has 2 aromatic heterocycles. The van der Waals surface area contributed by atoms with E-state index < -0.39 is 21.3 Å². The van der Waals surface area contributed by atoms with Gasteiger partial charge in [-0.1, -0.05) is 29.8 Å². The fourth-order valence-corrected chi connectivity index (χ4v) is 6.82. The van der Waals surface area contributed by atoms with Gasteiger partial charge in [-0.05, 0) is 31.2 Å². The van der Waals surface area contributed by atoms with Crippen molar-refractivity contribution in [3.63, 3.8) is 0 Å². The van der Waals surface area contributed by atoms with E-state index in [4.69, 9.17) is 11.6 Å². The minimum atomic E-state index is -3.63. The summed E-state index contributed by atoms with van der Waals surface area (Å²) < 4.78 is 30.3. The first-order valence-electron chi connectivity index (χ1n) is 9.60. The van der Waals surface area contributed by atoms with Crippen molar-refractivity contribution in [3.05, 3.63) is 73.3 Å². The highest BCUT2D eigenvalue weighted by Crippen LogP contribution is 2.29. The summed E-state index contributed by atoms with van der Waals surface area (Å²) in [6.07, 6.45) is 0. The predicted molar refractivity (Wildman–Crippen MR) is 122 cm³/mol. The normalized spacial score (nSPS) is 15.4. The molecule has 11 heteroatoms. The van der Waals surface area contributed by atoms with E-state index in [-0.39, 0.29) is 17.3 Å². The van der Waals surface area contributed by atoms with Crippen LogP contribution in [0.4, 0.5) is 5.69 Å². The average Bonchev–Trinajstić information content (AvgIpc) is 3.21. The number of hydrogen-bond donors (Lipinski definition) is 0. The number of anilines is 1. The maximum absolute atomic E-state index is 13.0. The van der Waals surface area contributed by atoms with Crippen molar-refractivity contribution in [2.45, 2.75) is 11.1 Å².